The van der Waals surface area contributed by atoms with E-state index >= 15 is 0 Å². The molecule has 0 amide bonds. The molecule has 0 saturated carbocycles. The van der Waals surface area contributed by atoms with Crippen molar-refractivity contribution in [2.75, 3.05) is 5.43 Å². The summed E-state index contributed by atoms with van der Waals surface area (Å²) >= 11 is 1.51. The molecule has 2 N–H and O–H groups in total. The number of hydrogen-bond donors (Lipinski definition) is 2. The Balaban J connectivity index is 1.76. The van der Waals surface area contributed by atoms with Gasteiger partial charge in [-0.2, -0.15) is 10.2 Å². The Morgan fingerprint density at radius 2 is 1.71 bits per heavy atom. The van der Waals surface area contributed by atoms with Crippen LogP contribution in [0.15, 0.2) is 69.7 Å². The monoisotopic (exact) mass is 292 g/mol. The molecule has 102 valence electrons. The zero-order valence-electron chi connectivity index (χ0n) is 11.1. The number of anilines is 1. The fraction of sp³-hybridized carbons (Fsp3) is 0. The first kappa shape index (κ1) is 12.2. The molecule has 4 rings (SSSR count). The highest BCUT2D eigenvalue weighted by Gasteiger charge is 2.19. The second kappa shape index (κ2) is 5.10. The van der Waals surface area contributed by atoms with Crippen LogP contribution in [0.25, 0.3) is 6.08 Å². The molecular formula is C16H12N4S. The average molecular weight is 292 g/mol. The standard InChI is InChI=1S/C16H12N4S/c1-3-7-13-11(5-1)9-10-14(18-17-13)16-12-6-2-4-8-15(12)21-20-19-16/h1-10,17,20H. The number of nitrogens with one attached hydrogen (secondary N) is 2. The van der Waals surface area contributed by atoms with Crippen LogP contribution in [0.1, 0.15) is 11.1 Å². The van der Waals surface area contributed by atoms with Gasteiger partial charge in [0.15, 0.2) is 0 Å². The summed E-state index contributed by atoms with van der Waals surface area (Å²) in [6.45, 7) is 0. The van der Waals surface area contributed by atoms with Gasteiger partial charge in [0.25, 0.3) is 0 Å². The van der Waals surface area contributed by atoms with Crippen LogP contribution < -0.4 is 10.3 Å². The fourth-order valence-corrected chi connectivity index (χ4v) is 2.98. The Kier molecular flexibility index (Phi) is 2.97. The van der Waals surface area contributed by atoms with Gasteiger partial charge in [0, 0.05) is 22.4 Å². The number of rotatable bonds is 1. The summed E-state index contributed by atoms with van der Waals surface area (Å²) in [6.07, 6.45) is 4.05. The summed E-state index contributed by atoms with van der Waals surface area (Å²) in [5.41, 5.74) is 7.98. The third-order valence-corrected chi connectivity index (χ3v) is 4.13. The second-order valence-corrected chi connectivity index (χ2v) is 5.51. The third kappa shape index (κ3) is 2.21. The van der Waals surface area contributed by atoms with Gasteiger partial charge in [-0.3, -0.25) is 5.43 Å². The van der Waals surface area contributed by atoms with E-state index in [2.05, 4.69) is 44.7 Å². The molecule has 21 heavy (non-hydrogen) atoms. The van der Waals surface area contributed by atoms with Crippen molar-refractivity contribution in [3.8, 4) is 0 Å². The number of benzene rings is 2. The van der Waals surface area contributed by atoms with Gasteiger partial charge < -0.3 is 0 Å². The average Bonchev–Trinajstić information content (AvgIpc) is 2.77. The summed E-state index contributed by atoms with van der Waals surface area (Å²) in [6, 6.07) is 16.3. The predicted molar refractivity (Wildman–Crippen MR) is 88.5 cm³/mol. The van der Waals surface area contributed by atoms with Crippen LogP contribution in [0.2, 0.25) is 0 Å². The Morgan fingerprint density at radius 1 is 0.857 bits per heavy atom. The van der Waals surface area contributed by atoms with E-state index in [1.54, 1.807) is 0 Å². The lowest BCUT2D eigenvalue weighted by Crippen LogP contribution is -2.21. The van der Waals surface area contributed by atoms with Crippen LogP contribution >= 0.6 is 11.9 Å². The van der Waals surface area contributed by atoms with Crippen molar-refractivity contribution >= 4 is 35.1 Å². The van der Waals surface area contributed by atoms with Crippen molar-refractivity contribution in [1.29, 1.82) is 0 Å². The van der Waals surface area contributed by atoms with Gasteiger partial charge in [0.2, 0.25) is 0 Å². The predicted octanol–water partition coefficient (Wildman–Crippen LogP) is 3.50. The molecule has 2 aromatic rings. The fourth-order valence-electron chi connectivity index (χ4n) is 2.33. The SMILES string of the molecule is C1=Cc2ccccc2NN=C1C1=NNSc2ccccc21. The van der Waals surface area contributed by atoms with E-state index in [4.69, 9.17) is 0 Å². The molecule has 0 aromatic heterocycles. The van der Waals surface area contributed by atoms with Crippen LogP contribution in [-0.4, -0.2) is 11.4 Å². The van der Waals surface area contributed by atoms with Crippen molar-refractivity contribution in [2.45, 2.75) is 4.90 Å². The molecule has 4 nitrogen and oxygen atoms in total. The Hall–Kier alpha value is -2.53. The Morgan fingerprint density at radius 3 is 2.71 bits per heavy atom. The van der Waals surface area contributed by atoms with Gasteiger partial charge in [-0.1, -0.05) is 42.5 Å². The van der Waals surface area contributed by atoms with Crippen LogP contribution in [0, 0.1) is 0 Å². The molecule has 2 aliphatic rings. The van der Waals surface area contributed by atoms with Gasteiger partial charge in [-0.25, -0.2) is 4.83 Å². The lowest BCUT2D eigenvalue weighted by molar-refractivity contribution is 1.09. The van der Waals surface area contributed by atoms with Gasteiger partial charge in [-0.15, -0.1) is 0 Å². The molecule has 0 spiro atoms. The summed E-state index contributed by atoms with van der Waals surface area (Å²) in [7, 11) is 0. The largest absolute Gasteiger partial charge is 0.277 e. The van der Waals surface area contributed by atoms with E-state index in [1.165, 1.54) is 11.9 Å². The summed E-state index contributed by atoms with van der Waals surface area (Å²) in [5.74, 6) is 0. The number of para-hydroxylation sites is 1. The maximum Gasteiger partial charge on any atom is 0.120 e. The van der Waals surface area contributed by atoms with Crippen LogP contribution in [0.4, 0.5) is 5.69 Å². The minimum absolute atomic E-state index is 0.812. The molecule has 0 aliphatic carbocycles. The number of hydrogen-bond acceptors (Lipinski definition) is 5. The highest BCUT2D eigenvalue weighted by Crippen LogP contribution is 2.26. The number of allylic oxidation sites excluding steroid dienone is 1. The van der Waals surface area contributed by atoms with E-state index in [0.717, 1.165) is 33.1 Å². The first-order valence-electron chi connectivity index (χ1n) is 6.62. The molecule has 2 heterocycles. The quantitative estimate of drug-likeness (QED) is 0.791. The van der Waals surface area contributed by atoms with E-state index in [9.17, 15) is 0 Å². The van der Waals surface area contributed by atoms with Crippen molar-refractivity contribution < 1.29 is 0 Å². The Labute approximate surface area is 126 Å². The Bertz CT molecular complexity index is 792. The molecule has 0 atom stereocenters. The third-order valence-electron chi connectivity index (χ3n) is 3.38. The highest BCUT2D eigenvalue weighted by atomic mass is 32.2. The van der Waals surface area contributed by atoms with Gasteiger partial charge in [0.05, 0.1) is 5.69 Å². The molecule has 0 fully saturated rings. The smallest absolute Gasteiger partial charge is 0.120 e. The maximum atomic E-state index is 4.49. The van der Waals surface area contributed by atoms with Gasteiger partial charge in [-0.05, 0) is 23.8 Å². The molecular weight excluding hydrogens is 280 g/mol. The first-order valence-corrected chi connectivity index (χ1v) is 7.43. The first-order chi connectivity index (χ1) is 10.4. The molecule has 0 bridgehead atoms. The topological polar surface area (TPSA) is 48.8 Å². The van der Waals surface area contributed by atoms with Gasteiger partial charge in [0.1, 0.15) is 11.4 Å². The van der Waals surface area contributed by atoms with E-state index < -0.39 is 0 Å². The van der Waals surface area contributed by atoms with Crippen LogP contribution in [0.5, 0.6) is 0 Å². The minimum atomic E-state index is 0.812. The molecule has 2 aliphatic heterocycles. The van der Waals surface area contributed by atoms with E-state index in [0.29, 0.717) is 0 Å². The zero-order chi connectivity index (χ0) is 14.1. The molecule has 0 saturated heterocycles. The van der Waals surface area contributed by atoms with Crippen molar-refractivity contribution in [2.24, 2.45) is 10.2 Å². The maximum absolute atomic E-state index is 4.49. The number of hydrazone groups is 2. The lowest BCUT2D eigenvalue weighted by Gasteiger charge is -2.16. The highest BCUT2D eigenvalue weighted by molar-refractivity contribution is 7.97. The van der Waals surface area contributed by atoms with Crippen LogP contribution in [0.3, 0.4) is 0 Å². The van der Waals surface area contributed by atoms with Crippen molar-refractivity contribution in [1.82, 2.24) is 4.83 Å². The van der Waals surface area contributed by atoms with Crippen molar-refractivity contribution in [3.05, 3.63) is 65.7 Å². The number of nitrogens with zero attached hydrogens (tertiary/aromatic N) is 2. The van der Waals surface area contributed by atoms with Crippen molar-refractivity contribution in [3.63, 3.8) is 0 Å². The summed E-state index contributed by atoms with van der Waals surface area (Å²) in [4.78, 5) is 4.15. The van der Waals surface area contributed by atoms with Gasteiger partial charge >= 0.3 is 0 Å². The summed E-state index contributed by atoms with van der Waals surface area (Å²) in [5, 5.41) is 8.89. The van der Waals surface area contributed by atoms with Crippen LogP contribution in [-0.2, 0) is 0 Å². The molecule has 0 radical (unpaired) electrons. The van der Waals surface area contributed by atoms with E-state index in [1.807, 2.05) is 36.4 Å². The molecule has 2 aromatic carbocycles. The zero-order valence-corrected chi connectivity index (χ0v) is 11.9. The minimum Gasteiger partial charge on any atom is -0.277 e. The molecule has 0 unspecified atom stereocenters. The number of fused-ring (bicyclic) bond motifs is 2. The van der Waals surface area contributed by atoms with E-state index in [-0.39, 0.29) is 0 Å². The normalized spacial score (nSPS) is 15.6. The lowest BCUT2D eigenvalue weighted by atomic mass is 10.0. The summed E-state index contributed by atoms with van der Waals surface area (Å²) < 4.78 is 0. The second-order valence-electron chi connectivity index (χ2n) is 4.68. The molecule has 5 heteroatoms.